The summed E-state index contributed by atoms with van der Waals surface area (Å²) in [6, 6.07) is 8.48. The molecule has 0 bridgehead atoms. The lowest BCUT2D eigenvalue weighted by molar-refractivity contribution is 0.394. The van der Waals surface area contributed by atoms with E-state index < -0.39 is 15.7 Å². The first-order chi connectivity index (χ1) is 9.04. The van der Waals surface area contributed by atoms with Gasteiger partial charge in [-0.05, 0) is 18.2 Å². The Balaban J connectivity index is 2.40. The van der Waals surface area contributed by atoms with Crippen LogP contribution in [0.2, 0.25) is 0 Å². The van der Waals surface area contributed by atoms with Gasteiger partial charge < -0.3 is 4.74 Å². The molecule has 0 spiro atoms. The Bertz CT molecular complexity index is 686. The van der Waals surface area contributed by atoms with Gasteiger partial charge in [-0.1, -0.05) is 18.2 Å². The molecule has 0 amide bonds. The molecule has 0 aliphatic carbocycles. The Kier molecular flexibility index (Phi) is 3.80. The molecule has 1 aromatic heterocycles. The predicted molar refractivity (Wildman–Crippen MR) is 68.1 cm³/mol. The van der Waals surface area contributed by atoms with Crippen molar-refractivity contribution in [3.05, 3.63) is 54.0 Å². The van der Waals surface area contributed by atoms with E-state index in [-0.39, 0.29) is 16.5 Å². The number of sulfone groups is 1. The maximum Gasteiger partial charge on any atom is 0.217 e. The fraction of sp³-hybridized carbons (Fsp3) is 0.154. The molecule has 0 unspecified atom stereocenters. The number of benzene rings is 1. The van der Waals surface area contributed by atoms with Crippen LogP contribution in [-0.2, 0) is 15.6 Å². The molecule has 0 radical (unpaired) electrons. The summed E-state index contributed by atoms with van der Waals surface area (Å²) in [5.41, 5.74) is 0.397. The minimum Gasteiger partial charge on any atom is -0.481 e. The first-order valence-corrected chi connectivity index (χ1v) is 7.15. The average molecular weight is 281 g/mol. The SMILES string of the molecule is COc1ncccc1CS(=O)(=O)c1ccccc1F. The van der Waals surface area contributed by atoms with Crippen LogP contribution < -0.4 is 4.74 Å². The van der Waals surface area contributed by atoms with Crippen LogP contribution >= 0.6 is 0 Å². The zero-order valence-corrected chi connectivity index (χ0v) is 11.0. The first-order valence-electron chi connectivity index (χ1n) is 5.50. The molecule has 0 atom stereocenters. The topological polar surface area (TPSA) is 56.3 Å². The smallest absolute Gasteiger partial charge is 0.217 e. The minimum atomic E-state index is -3.77. The molecule has 1 aromatic carbocycles. The van der Waals surface area contributed by atoms with Crippen LogP contribution in [0.3, 0.4) is 0 Å². The number of nitrogens with zero attached hydrogens (tertiary/aromatic N) is 1. The largest absolute Gasteiger partial charge is 0.481 e. The Morgan fingerprint density at radius 3 is 2.63 bits per heavy atom. The second kappa shape index (κ2) is 5.36. The fourth-order valence-corrected chi connectivity index (χ4v) is 3.13. The molecule has 2 aromatic rings. The van der Waals surface area contributed by atoms with Crippen LogP contribution in [0.5, 0.6) is 5.88 Å². The molecule has 0 aliphatic heterocycles. The van der Waals surface area contributed by atoms with Crippen LogP contribution in [0.25, 0.3) is 0 Å². The maximum absolute atomic E-state index is 13.5. The third kappa shape index (κ3) is 2.90. The molecule has 100 valence electrons. The maximum atomic E-state index is 13.5. The van der Waals surface area contributed by atoms with Crippen LogP contribution in [-0.4, -0.2) is 20.5 Å². The molecule has 1 heterocycles. The van der Waals surface area contributed by atoms with Crippen molar-refractivity contribution in [1.82, 2.24) is 4.98 Å². The average Bonchev–Trinajstić information content (AvgIpc) is 2.39. The van der Waals surface area contributed by atoms with E-state index >= 15 is 0 Å². The van der Waals surface area contributed by atoms with E-state index in [1.807, 2.05) is 0 Å². The second-order valence-corrected chi connectivity index (χ2v) is 5.82. The summed E-state index contributed by atoms with van der Waals surface area (Å²) >= 11 is 0. The van der Waals surface area contributed by atoms with Crippen molar-refractivity contribution in [3.8, 4) is 5.88 Å². The van der Waals surface area contributed by atoms with Gasteiger partial charge >= 0.3 is 0 Å². The quantitative estimate of drug-likeness (QED) is 0.862. The molecule has 19 heavy (non-hydrogen) atoms. The first kappa shape index (κ1) is 13.5. The van der Waals surface area contributed by atoms with Gasteiger partial charge in [0.15, 0.2) is 9.84 Å². The third-order valence-electron chi connectivity index (χ3n) is 2.56. The van der Waals surface area contributed by atoms with Gasteiger partial charge in [-0.25, -0.2) is 17.8 Å². The van der Waals surface area contributed by atoms with Gasteiger partial charge in [0.05, 0.1) is 12.9 Å². The van der Waals surface area contributed by atoms with Crippen molar-refractivity contribution in [2.24, 2.45) is 0 Å². The van der Waals surface area contributed by atoms with Crippen LogP contribution in [0.4, 0.5) is 4.39 Å². The summed E-state index contributed by atoms with van der Waals surface area (Å²) in [5, 5.41) is 0. The van der Waals surface area contributed by atoms with E-state index in [0.717, 1.165) is 6.07 Å². The summed E-state index contributed by atoms with van der Waals surface area (Å²) in [5.74, 6) is -0.891. The monoisotopic (exact) mass is 281 g/mol. The molecule has 6 heteroatoms. The highest BCUT2D eigenvalue weighted by Gasteiger charge is 2.21. The van der Waals surface area contributed by atoms with Gasteiger partial charge in [0, 0.05) is 11.8 Å². The normalized spacial score (nSPS) is 11.3. The van der Waals surface area contributed by atoms with Crippen LogP contribution in [0, 0.1) is 5.82 Å². The second-order valence-electron chi connectivity index (χ2n) is 3.86. The van der Waals surface area contributed by atoms with Crippen molar-refractivity contribution < 1.29 is 17.5 Å². The molecule has 0 N–H and O–H groups in total. The Morgan fingerprint density at radius 1 is 1.21 bits per heavy atom. The van der Waals surface area contributed by atoms with E-state index in [2.05, 4.69) is 4.98 Å². The third-order valence-corrected chi connectivity index (χ3v) is 4.25. The summed E-state index contributed by atoms with van der Waals surface area (Å²) in [4.78, 5) is 3.60. The molecule has 0 saturated carbocycles. The molecule has 0 fully saturated rings. The lowest BCUT2D eigenvalue weighted by atomic mass is 10.3. The van der Waals surface area contributed by atoms with E-state index in [4.69, 9.17) is 4.74 Å². The van der Waals surface area contributed by atoms with Crippen LogP contribution in [0.1, 0.15) is 5.56 Å². The fourth-order valence-electron chi connectivity index (χ4n) is 1.70. The summed E-state index contributed by atoms with van der Waals surface area (Å²) in [6.07, 6.45) is 1.50. The van der Waals surface area contributed by atoms with Gasteiger partial charge in [0.1, 0.15) is 10.7 Å². The Hall–Kier alpha value is -1.95. The number of rotatable bonds is 4. The summed E-state index contributed by atoms with van der Waals surface area (Å²) in [7, 11) is -2.37. The van der Waals surface area contributed by atoms with Crippen molar-refractivity contribution in [2.45, 2.75) is 10.6 Å². The molecule has 0 saturated heterocycles. The number of aromatic nitrogens is 1. The number of hydrogen-bond acceptors (Lipinski definition) is 4. The summed E-state index contributed by atoms with van der Waals surface area (Å²) < 4.78 is 42.9. The number of pyridine rings is 1. The molecular formula is C13H12FNO3S. The van der Waals surface area contributed by atoms with Crippen molar-refractivity contribution in [1.29, 1.82) is 0 Å². The molecule has 0 aliphatic rings. The highest BCUT2D eigenvalue weighted by atomic mass is 32.2. The van der Waals surface area contributed by atoms with E-state index in [0.29, 0.717) is 5.56 Å². The van der Waals surface area contributed by atoms with Gasteiger partial charge in [0.25, 0.3) is 0 Å². The van der Waals surface area contributed by atoms with Crippen LogP contribution in [0.15, 0.2) is 47.5 Å². The number of hydrogen-bond donors (Lipinski definition) is 0. The zero-order valence-electron chi connectivity index (χ0n) is 10.2. The molecule has 2 rings (SSSR count). The van der Waals surface area contributed by atoms with Crippen molar-refractivity contribution in [2.75, 3.05) is 7.11 Å². The lowest BCUT2D eigenvalue weighted by Crippen LogP contribution is -2.08. The standard InChI is InChI=1S/C13H12FNO3S/c1-18-13-10(5-4-8-15-13)9-19(16,17)12-7-3-2-6-11(12)14/h2-8H,9H2,1H3. The van der Waals surface area contributed by atoms with Crippen molar-refractivity contribution in [3.63, 3.8) is 0 Å². The number of ether oxygens (including phenoxy) is 1. The van der Waals surface area contributed by atoms with E-state index in [1.165, 1.54) is 31.5 Å². The highest BCUT2D eigenvalue weighted by molar-refractivity contribution is 7.90. The van der Waals surface area contributed by atoms with Gasteiger partial charge in [-0.3, -0.25) is 0 Å². The Labute approximate surface area is 110 Å². The highest BCUT2D eigenvalue weighted by Crippen LogP contribution is 2.23. The van der Waals surface area contributed by atoms with E-state index in [1.54, 1.807) is 12.1 Å². The minimum absolute atomic E-state index is 0.224. The zero-order chi connectivity index (χ0) is 13.9. The van der Waals surface area contributed by atoms with Gasteiger partial charge in [0.2, 0.25) is 5.88 Å². The molecule has 4 nitrogen and oxygen atoms in total. The van der Waals surface area contributed by atoms with Gasteiger partial charge in [-0.2, -0.15) is 0 Å². The Morgan fingerprint density at radius 2 is 1.95 bits per heavy atom. The molecular weight excluding hydrogens is 269 g/mol. The number of methoxy groups -OCH3 is 1. The van der Waals surface area contributed by atoms with Gasteiger partial charge in [-0.15, -0.1) is 0 Å². The lowest BCUT2D eigenvalue weighted by Gasteiger charge is -2.08. The number of halogens is 1. The summed E-state index contributed by atoms with van der Waals surface area (Å²) in [6.45, 7) is 0. The van der Waals surface area contributed by atoms with E-state index in [9.17, 15) is 12.8 Å². The predicted octanol–water partition coefficient (Wildman–Crippen LogP) is 2.20. The van der Waals surface area contributed by atoms with Crippen molar-refractivity contribution >= 4 is 9.84 Å².